The van der Waals surface area contributed by atoms with E-state index in [4.69, 9.17) is 15.6 Å². The molecule has 3 heterocycles. The first-order valence-corrected chi connectivity index (χ1v) is 7.84. The number of rotatable bonds is 3. The quantitative estimate of drug-likeness (QED) is 0.727. The van der Waals surface area contributed by atoms with Crippen molar-refractivity contribution in [3.8, 4) is 11.3 Å². The van der Waals surface area contributed by atoms with Gasteiger partial charge in [0.1, 0.15) is 5.82 Å². The Bertz CT molecular complexity index is 823. The van der Waals surface area contributed by atoms with Crippen LogP contribution in [0.1, 0.15) is 12.8 Å². The number of hydrogen-bond donors (Lipinski definition) is 2. The van der Waals surface area contributed by atoms with Gasteiger partial charge in [-0.3, -0.25) is 0 Å². The van der Waals surface area contributed by atoms with Crippen molar-refractivity contribution in [2.24, 2.45) is 0 Å². The summed E-state index contributed by atoms with van der Waals surface area (Å²) in [4.78, 5) is 4.42. The van der Waals surface area contributed by atoms with Crippen LogP contribution < -0.4 is 11.1 Å². The molecule has 0 aliphatic carbocycles. The van der Waals surface area contributed by atoms with E-state index in [2.05, 4.69) is 10.3 Å². The van der Waals surface area contributed by atoms with Crippen molar-refractivity contribution in [1.82, 2.24) is 14.6 Å². The first-order chi connectivity index (χ1) is 11.3. The zero-order valence-electron chi connectivity index (χ0n) is 12.8. The van der Waals surface area contributed by atoms with Gasteiger partial charge in [-0.25, -0.2) is 9.50 Å². The lowest BCUT2D eigenvalue weighted by atomic mass is 10.1. The van der Waals surface area contributed by atoms with Gasteiger partial charge in [0.2, 0.25) is 0 Å². The normalized spacial score (nSPS) is 15.8. The molecule has 1 saturated heterocycles. The lowest BCUT2D eigenvalue weighted by molar-refractivity contribution is 0.0903. The van der Waals surface area contributed by atoms with Crippen LogP contribution in [0.15, 0.2) is 42.6 Å². The van der Waals surface area contributed by atoms with E-state index in [1.54, 1.807) is 0 Å². The van der Waals surface area contributed by atoms with Crippen LogP contribution in [0.2, 0.25) is 0 Å². The summed E-state index contributed by atoms with van der Waals surface area (Å²) in [6.07, 6.45) is 3.84. The molecule has 1 fully saturated rings. The Morgan fingerprint density at radius 1 is 1.17 bits per heavy atom. The molecule has 23 heavy (non-hydrogen) atoms. The van der Waals surface area contributed by atoms with E-state index in [1.807, 2.05) is 47.1 Å². The molecular formula is C17H19N5O. The molecule has 6 heteroatoms. The molecule has 6 nitrogen and oxygen atoms in total. The Hall–Kier alpha value is -2.60. The Morgan fingerprint density at radius 2 is 2.04 bits per heavy atom. The molecule has 4 rings (SSSR count). The van der Waals surface area contributed by atoms with Crippen molar-refractivity contribution in [3.63, 3.8) is 0 Å². The van der Waals surface area contributed by atoms with Crippen LogP contribution >= 0.6 is 0 Å². The molecule has 0 radical (unpaired) electrons. The molecule has 0 unspecified atom stereocenters. The fourth-order valence-electron chi connectivity index (χ4n) is 2.90. The van der Waals surface area contributed by atoms with Crippen molar-refractivity contribution in [1.29, 1.82) is 0 Å². The van der Waals surface area contributed by atoms with E-state index in [0.29, 0.717) is 6.04 Å². The molecule has 2 aromatic heterocycles. The second-order valence-corrected chi connectivity index (χ2v) is 5.79. The van der Waals surface area contributed by atoms with Crippen molar-refractivity contribution >= 4 is 17.2 Å². The lowest BCUT2D eigenvalue weighted by Gasteiger charge is -2.23. The van der Waals surface area contributed by atoms with E-state index in [9.17, 15) is 0 Å². The van der Waals surface area contributed by atoms with Gasteiger partial charge in [0.05, 0.1) is 11.9 Å². The van der Waals surface area contributed by atoms with Crippen LogP contribution in [0.3, 0.4) is 0 Å². The number of imidazole rings is 1. The number of anilines is 2. The minimum Gasteiger partial charge on any atom is -0.399 e. The number of nitrogens with two attached hydrogens (primary N) is 1. The Labute approximate surface area is 134 Å². The summed E-state index contributed by atoms with van der Waals surface area (Å²) in [6, 6.07) is 12.1. The zero-order chi connectivity index (χ0) is 15.6. The summed E-state index contributed by atoms with van der Waals surface area (Å²) < 4.78 is 7.25. The molecule has 118 valence electrons. The smallest absolute Gasteiger partial charge is 0.154 e. The fraction of sp³-hybridized carbons (Fsp3) is 0.294. The van der Waals surface area contributed by atoms with Crippen molar-refractivity contribution in [2.45, 2.75) is 18.9 Å². The van der Waals surface area contributed by atoms with E-state index >= 15 is 0 Å². The standard InChI is InChI=1S/C17H19N5O/c18-13-3-1-2-12(10-13)15-11-19-17-5-4-16(21-22(15)17)20-14-6-8-23-9-7-14/h1-5,10-11,14H,6-9,18H2,(H,20,21). The number of fused-ring (bicyclic) bond motifs is 1. The topological polar surface area (TPSA) is 77.5 Å². The van der Waals surface area contributed by atoms with E-state index in [0.717, 1.165) is 54.5 Å². The van der Waals surface area contributed by atoms with Gasteiger partial charge in [-0.1, -0.05) is 12.1 Å². The number of aromatic nitrogens is 3. The summed E-state index contributed by atoms with van der Waals surface area (Å²) in [5, 5.41) is 8.19. The van der Waals surface area contributed by atoms with Gasteiger partial charge < -0.3 is 15.8 Å². The molecular weight excluding hydrogens is 290 g/mol. The van der Waals surface area contributed by atoms with E-state index in [-0.39, 0.29) is 0 Å². The van der Waals surface area contributed by atoms with Crippen LogP contribution in [0.25, 0.3) is 16.9 Å². The maximum atomic E-state index is 5.89. The number of hydrogen-bond acceptors (Lipinski definition) is 5. The van der Waals surface area contributed by atoms with Crippen molar-refractivity contribution < 1.29 is 4.74 Å². The molecule has 3 N–H and O–H groups in total. The molecule has 1 aliphatic rings. The van der Waals surface area contributed by atoms with E-state index in [1.165, 1.54) is 0 Å². The summed E-state index contributed by atoms with van der Waals surface area (Å²) in [7, 11) is 0. The van der Waals surface area contributed by atoms with E-state index < -0.39 is 0 Å². The van der Waals surface area contributed by atoms with Crippen LogP contribution in [-0.2, 0) is 4.74 Å². The highest BCUT2D eigenvalue weighted by Gasteiger charge is 2.15. The summed E-state index contributed by atoms with van der Waals surface area (Å²) in [5.41, 5.74) is 9.38. The third-order valence-corrected chi connectivity index (χ3v) is 4.12. The third-order valence-electron chi connectivity index (χ3n) is 4.12. The van der Waals surface area contributed by atoms with Gasteiger partial charge in [-0.05, 0) is 37.1 Å². The summed E-state index contributed by atoms with van der Waals surface area (Å²) in [5.74, 6) is 0.854. The van der Waals surface area contributed by atoms with Gasteiger partial charge in [-0.2, -0.15) is 0 Å². The number of ether oxygens (including phenoxy) is 1. The number of nitrogen functional groups attached to an aromatic ring is 1. The molecule has 0 spiro atoms. The van der Waals surface area contributed by atoms with Crippen LogP contribution in [0.5, 0.6) is 0 Å². The number of benzene rings is 1. The van der Waals surface area contributed by atoms with Crippen LogP contribution in [0.4, 0.5) is 11.5 Å². The zero-order valence-corrected chi connectivity index (χ0v) is 12.8. The minimum atomic E-state index is 0.410. The molecule has 1 aromatic carbocycles. The van der Waals surface area contributed by atoms with Crippen LogP contribution in [0, 0.1) is 0 Å². The maximum Gasteiger partial charge on any atom is 0.154 e. The lowest BCUT2D eigenvalue weighted by Crippen LogP contribution is -2.28. The maximum absolute atomic E-state index is 5.89. The SMILES string of the molecule is Nc1cccc(-c2cnc3ccc(NC4CCOCC4)nn23)c1. The molecule has 0 saturated carbocycles. The molecule has 0 atom stereocenters. The predicted octanol–water partition coefficient (Wildman–Crippen LogP) is 2.57. The predicted molar refractivity (Wildman–Crippen MR) is 90.3 cm³/mol. The van der Waals surface area contributed by atoms with Gasteiger partial charge in [-0.15, -0.1) is 5.10 Å². The average Bonchev–Trinajstić information content (AvgIpc) is 2.99. The highest BCUT2D eigenvalue weighted by atomic mass is 16.5. The largest absolute Gasteiger partial charge is 0.399 e. The Kier molecular flexibility index (Phi) is 3.59. The molecule has 1 aliphatic heterocycles. The summed E-state index contributed by atoms with van der Waals surface area (Å²) in [6.45, 7) is 1.61. The van der Waals surface area contributed by atoms with Crippen molar-refractivity contribution in [2.75, 3.05) is 24.3 Å². The average molecular weight is 309 g/mol. The Morgan fingerprint density at radius 3 is 2.87 bits per heavy atom. The summed E-state index contributed by atoms with van der Waals surface area (Å²) >= 11 is 0. The molecule has 3 aromatic rings. The van der Waals surface area contributed by atoms with Gasteiger partial charge in [0.15, 0.2) is 5.65 Å². The highest BCUT2D eigenvalue weighted by molar-refractivity contribution is 5.67. The number of nitrogens with one attached hydrogen (secondary N) is 1. The highest BCUT2D eigenvalue weighted by Crippen LogP contribution is 2.23. The van der Waals surface area contributed by atoms with Gasteiger partial charge in [0, 0.05) is 30.5 Å². The monoisotopic (exact) mass is 309 g/mol. The van der Waals surface area contributed by atoms with Crippen molar-refractivity contribution in [3.05, 3.63) is 42.6 Å². The first kappa shape index (κ1) is 14.0. The molecule has 0 amide bonds. The fourth-order valence-corrected chi connectivity index (χ4v) is 2.90. The Balaban J connectivity index is 1.68. The van der Waals surface area contributed by atoms with Crippen LogP contribution in [-0.4, -0.2) is 33.9 Å². The second kappa shape index (κ2) is 5.89. The number of nitrogens with zero attached hydrogens (tertiary/aromatic N) is 3. The van der Waals surface area contributed by atoms with Gasteiger partial charge >= 0.3 is 0 Å². The van der Waals surface area contributed by atoms with Gasteiger partial charge in [0.25, 0.3) is 0 Å². The first-order valence-electron chi connectivity index (χ1n) is 7.84. The molecule has 0 bridgehead atoms. The minimum absolute atomic E-state index is 0.410. The second-order valence-electron chi connectivity index (χ2n) is 5.79. The third kappa shape index (κ3) is 2.85.